The minimum atomic E-state index is -0.918. The molecular weight excluding hydrogens is 279 g/mol. The molecule has 0 bridgehead atoms. The van der Waals surface area contributed by atoms with E-state index in [9.17, 15) is 14.5 Å². The molecule has 0 aromatic heterocycles. The van der Waals surface area contributed by atoms with Crippen LogP contribution in [0.1, 0.15) is 25.7 Å². The molecule has 1 aromatic rings. The topological polar surface area (TPSA) is 84.6 Å². The summed E-state index contributed by atoms with van der Waals surface area (Å²) in [6, 6.07) is 2.45. The highest BCUT2D eigenvalue weighted by Gasteiger charge is 2.30. The van der Waals surface area contributed by atoms with Crippen LogP contribution in [0.3, 0.4) is 0 Å². The Labute approximate surface area is 122 Å². The van der Waals surface area contributed by atoms with E-state index in [-0.39, 0.29) is 30.0 Å². The van der Waals surface area contributed by atoms with Crippen LogP contribution in [0, 0.1) is 21.8 Å². The number of hydrogen-bond donors (Lipinski definition) is 2. The van der Waals surface area contributed by atoms with Crippen molar-refractivity contribution < 1.29 is 19.2 Å². The fourth-order valence-electron chi connectivity index (χ4n) is 2.93. The van der Waals surface area contributed by atoms with Crippen molar-refractivity contribution in [2.24, 2.45) is 5.92 Å². The van der Waals surface area contributed by atoms with E-state index >= 15 is 0 Å². The van der Waals surface area contributed by atoms with Gasteiger partial charge in [0.2, 0.25) is 5.82 Å². The zero-order valence-corrected chi connectivity index (χ0v) is 11.8. The third-order valence-electron chi connectivity index (χ3n) is 3.96. The fraction of sp³-hybridized carbons (Fsp3) is 0.571. The molecule has 2 atom stereocenters. The quantitative estimate of drug-likeness (QED) is 0.623. The van der Waals surface area contributed by atoms with Crippen LogP contribution in [-0.2, 0) is 0 Å². The van der Waals surface area contributed by atoms with Crippen molar-refractivity contribution in [1.29, 1.82) is 0 Å². The summed E-state index contributed by atoms with van der Waals surface area (Å²) in [5, 5.41) is 23.2. The smallest absolute Gasteiger partial charge is 0.327 e. The van der Waals surface area contributed by atoms with Crippen LogP contribution < -0.4 is 10.1 Å². The second kappa shape index (κ2) is 6.71. The average Bonchev–Trinajstić information content (AvgIpc) is 2.85. The van der Waals surface area contributed by atoms with Crippen molar-refractivity contribution in [3.63, 3.8) is 0 Å². The van der Waals surface area contributed by atoms with Gasteiger partial charge in [0, 0.05) is 24.8 Å². The highest BCUT2D eigenvalue weighted by Crippen LogP contribution is 2.37. The molecule has 0 aliphatic heterocycles. The SMILES string of the molecule is COc1cc(F)c([N+](=O)[O-])c(NC2CCCC2CCO)c1. The largest absolute Gasteiger partial charge is 0.497 e. The monoisotopic (exact) mass is 298 g/mol. The number of nitrogens with zero attached hydrogens (tertiary/aromatic N) is 1. The highest BCUT2D eigenvalue weighted by atomic mass is 19.1. The first kappa shape index (κ1) is 15.5. The molecule has 1 aliphatic carbocycles. The summed E-state index contributed by atoms with van der Waals surface area (Å²) in [4.78, 5) is 10.3. The van der Waals surface area contributed by atoms with Gasteiger partial charge in [-0.25, -0.2) is 0 Å². The standard InChI is InChI=1S/C14H19FN2O4/c1-21-10-7-11(15)14(17(19)20)13(8-10)16-12-4-2-3-9(12)5-6-18/h7-9,12,16,18H,2-6H2,1H3. The van der Waals surface area contributed by atoms with Gasteiger partial charge in [-0.2, -0.15) is 4.39 Å². The van der Waals surface area contributed by atoms with E-state index in [2.05, 4.69) is 5.32 Å². The Morgan fingerprint density at radius 1 is 1.52 bits per heavy atom. The van der Waals surface area contributed by atoms with Crippen molar-refractivity contribution in [2.75, 3.05) is 19.0 Å². The zero-order chi connectivity index (χ0) is 15.4. The average molecular weight is 298 g/mol. The lowest BCUT2D eigenvalue weighted by Crippen LogP contribution is -2.25. The number of nitro groups is 1. The Balaban J connectivity index is 2.29. The van der Waals surface area contributed by atoms with E-state index in [4.69, 9.17) is 9.84 Å². The molecule has 21 heavy (non-hydrogen) atoms. The number of aliphatic hydroxyl groups excluding tert-OH is 1. The number of nitro benzene ring substituents is 1. The van der Waals surface area contributed by atoms with Gasteiger partial charge in [0.25, 0.3) is 0 Å². The zero-order valence-electron chi connectivity index (χ0n) is 11.8. The highest BCUT2D eigenvalue weighted by molar-refractivity contribution is 5.65. The van der Waals surface area contributed by atoms with Gasteiger partial charge in [-0.1, -0.05) is 6.42 Å². The molecule has 7 heteroatoms. The van der Waals surface area contributed by atoms with Gasteiger partial charge in [-0.15, -0.1) is 0 Å². The van der Waals surface area contributed by atoms with Gasteiger partial charge in [0.15, 0.2) is 0 Å². The maximum absolute atomic E-state index is 13.9. The van der Waals surface area contributed by atoms with Crippen LogP contribution >= 0.6 is 0 Å². The predicted octanol–water partition coefficient (Wildman–Crippen LogP) is 2.71. The molecule has 1 saturated carbocycles. The summed E-state index contributed by atoms with van der Waals surface area (Å²) in [6.45, 7) is 0.0808. The van der Waals surface area contributed by atoms with E-state index in [0.717, 1.165) is 25.3 Å². The number of aliphatic hydroxyl groups is 1. The van der Waals surface area contributed by atoms with Crippen molar-refractivity contribution >= 4 is 11.4 Å². The molecule has 1 aliphatic rings. The van der Waals surface area contributed by atoms with Gasteiger partial charge < -0.3 is 15.2 Å². The molecule has 2 unspecified atom stereocenters. The minimum Gasteiger partial charge on any atom is -0.497 e. The summed E-state index contributed by atoms with van der Waals surface area (Å²) in [6.07, 6.45) is 3.43. The first-order chi connectivity index (χ1) is 10.1. The van der Waals surface area contributed by atoms with Crippen LogP contribution in [-0.4, -0.2) is 29.8 Å². The lowest BCUT2D eigenvalue weighted by Gasteiger charge is -2.21. The molecule has 6 nitrogen and oxygen atoms in total. The predicted molar refractivity (Wildman–Crippen MR) is 76.1 cm³/mol. The van der Waals surface area contributed by atoms with Crippen molar-refractivity contribution in [1.82, 2.24) is 0 Å². The van der Waals surface area contributed by atoms with Crippen LogP contribution in [0.2, 0.25) is 0 Å². The minimum absolute atomic E-state index is 0.00218. The molecular formula is C14H19FN2O4. The van der Waals surface area contributed by atoms with Crippen LogP contribution in [0.4, 0.5) is 15.8 Å². The lowest BCUT2D eigenvalue weighted by molar-refractivity contribution is -0.386. The van der Waals surface area contributed by atoms with Crippen molar-refractivity contribution in [3.8, 4) is 5.75 Å². The Bertz CT molecular complexity index is 524. The van der Waals surface area contributed by atoms with Gasteiger partial charge in [-0.05, 0) is 25.2 Å². The third-order valence-corrected chi connectivity index (χ3v) is 3.96. The number of methoxy groups -OCH3 is 1. The maximum atomic E-state index is 13.9. The Kier molecular flexibility index (Phi) is 4.95. The molecule has 0 radical (unpaired) electrons. The van der Waals surface area contributed by atoms with Crippen LogP contribution in [0.25, 0.3) is 0 Å². The number of nitrogens with one attached hydrogen (secondary N) is 1. The van der Waals surface area contributed by atoms with E-state index in [1.165, 1.54) is 13.2 Å². The molecule has 0 saturated heterocycles. The summed E-state index contributed by atoms with van der Waals surface area (Å²) >= 11 is 0. The van der Waals surface area contributed by atoms with Gasteiger partial charge in [0.1, 0.15) is 11.4 Å². The lowest BCUT2D eigenvalue weighted by atomic mass is 9.99. The Morgan fingerprint density at radius 2 is 2.29 bits per heavy atom. The first-order valence-electron chi connectivity index (χ1n) is 6.96. The summed E-state index contributed by atoms with van der Waals surface area (Å²) in [5.41, 5.74) is -0.433. The summed E-state index contributed by atoms with van der Waals surface area (Å²) in [7, 11) is 1.38. The molecule has 1 aromatic carbocycles. The molecule has 116 valence electrons. The second-order valence-electron chi connectivity index (χ2n) is 5.22. The number of rotatable bonds is 6. The first-order valence-corrected chi connectivity index (χ1v) is 6.96. The van der Waals surface area contributed by atoms with E-state index in [1.807, 2.05) is 0 Å². The molecule has 2 rings (SSSR count). The molecule has 0 spiro atoms. The number of hydrogen-bond acceptors (Lipinski definition) is 5. The van der Waals surface area contributed by atoms with Gasteiger partial charge in [0.05, 0.1) is 12.0 Å². The summed E-state index contributed by atoms with van der Waals surface area (Å²) in [5.74, 6) is -0.445. The second-order valence-corrected chi connectivity index (χ2v) is 5.22. The van der Waals surface area contributed by atoms with E-state index in [1.54, 1.807) is 0 Å². The number of ether oxygens (including phenoxy) is 1. The normalized spacial score (nSPS) is 21.3. The van der Waals surface area contributed by atoms with Crippen molar-refractivity contribution in [2.45, 2.75) is 31.7 Å². The van der Waals surface area contributed by atoms with Gasteiger partial charge in [-0.3, -0.25) is 10.1 Å². The third kappa shape index (κ3) is 3.41. The fourth-order valence-corrected chi connectivity index (χ4v) is 2.93. The molecule has 2 N–H and O–H groups in total. The van der Waals surface area contributed by atoms with Crippen LogP contribution in [0.15, 0.2) is 12.1 Å². The van der Waals surface area contributed by atoms with Crippen molar-refractivity contribution in [3.05, 3.63) is 28.1 Å². The van der Waals surface area contributed by atoms with E-state index < -0.39 is 16.4 Å². The maximum Gasteiger partial charge on any atom is 0.327 e. The van der Waals surface area contributed by atoms with E-state index in [0.29, 0.717) is 6.42 Å². The molecule has 0 amide bonds. The number of benzene rings is 1. The molecule has 0 heterocycles. The Morgan fingerprint density at radius 3 is 2.90 bits per heavy atom. The van der Waals surface area contributed by atoms with Gasteiger partial charge >= 0.3 is 5.69 Å². The number of anilines is 1. The number of halogens is 1. The Hall–Kier alpha value is -1.89. The summed E-state index contributed by atoms with van der Waals surface area (Å²) < 4.78 is 18.8. The molecule has 1 fully saturated rings. The van der Waals surface area contributed by atoms with Crippen LogP contribution in [0.5, 0.6) is 5.75 Å².